The third-order valence-corrected chi connectivity index (χ3v) is 10.9. The van der Waals surface area contributed by atoms with E-state index in [4.69, 9.17) is 9.73 Å². The van der Waals surface area contributed by atoms with Crippen LogP contribution in [0.25, 0.3) is 11.1 Å². The van der Waals surface area contributed by atoms with E-state index in [1.807, 2.05) is 30.5 Å². The molecule has 0 spiro atoms. The van der Waals surface area contributed by atoms with Crippen LogP contribution in [0.2, 0.25) is 0 Å². The first-order valence-electron chi connectivity index (χ1n) is 14.3. The quantitative estimate of drug-likeness (QED) is 0.394. The van der Waals surface area contributed by atoms with Gasteiger partial charge in [0.2, 0.25) is 5.88 Å². The molecular formula is C32H33N3O3S. The predicted octanol–water partition coefficient (Wildman–Crippen LogP) is 6.53. The molecule has 2 N–H and O–H groups in total. The maximum Gasteiger partial charge on any atom is 0.232 e. The number of aromatic nitrogens is 1. The van der Waals surface area contributed by atoms with Crippen molar-refractivity contribution in [2.45, 2.75) is 43.9 Å². The van der Waals surface area contributed by atoms with Gasteiger partial charge in [0, 0.05) is 47.1 Å². The van der Waals surface area contributed by atoms with Gasteiger partial charge in [-0.1, -0.05) is 47.7 Å². The van der Waals surface area contributed by atoms with Crippen molar-refractivity contribution in [2.24, 2.45) is 22.7 Å². The standard InChI is InChI=1S/C32H33N3O3S/c36-28-23(5-3-6-25(28)32-15-19-12-20(16-32)14-21(13-19)17-32)27(24-18-33-26-7-2-1-4-22(24)26)29-30(37)34-31(39-29)35-8-10-38-11-9-35/h1-7,18-21,36-37H,8-17H2. The number of benzene rings is 2. The van der Waals surface area contributed by atoms with Gasteiger partial charge in [0.1, 0.15) is 10.6 Å². The van der Waals surface area contributed by atoms with Crippen LogP contribution in [0.5, 0.6) is 11.6 Å². The lowest BCUT2D eigenvalue weighted by molar-refractivity contribution is -0.00614. The number of fused-ring (bicyclic) bond motifs is 1. The molecule has 0 unspecified atom stereocenters. The Bertz CT molecular complexity index is 1480. The first-order chi connectivity index (χ1) is 19.1. The second-order valence-corrected chi connectivity index (χ2v) is 13.2. The first-order valence-corrected chi connectivity index (χ1v) is 15.1. The SMILES string of the molecule is Oc1nc(N2CCOCC2)sc1C(=C1C=Nc2ccccc21)c1cccc(C23CC4CC(CC(C4)C2)C3)c1O. The summed E-state index contributed by atoms with van der Waals surface area (Å²) in [5.74, 6) is 2.72. The highest BCUT2D eigenvalue weighted by Crippen LogP contribution is 2.62. The monoisotopic (exact) mass is 539 g/mol. The summed E-state index contributed by atoms with van der Waals surface area (Å²) in [6.45, 7) is 2.79. The van der Waals surface area contributed by atoms with E-state index < -0.39 is 0 Å². The molecule has 6 nitrogen and oxygen atoms in total. The lowest BCUT2D eigenvalue weighted by Crippen LogP contribution is -2.48. The average molecular weight is 540 g/mol. The van der Waals surface area contributed by atoms with Gasteiger partial charge in [0.05, 0.1) is 18.9 Å². The second-order valence-electron chi connectivity index (χ2n) is 12.2. The van der Waals surface area contributed by atoms with Crippen molar-refractivity contribution in [1.82, 2.24) is 4.98 Å². The molecule has 2 aromatic carbocycles. The fourth-order valence-electron chi connectivity index (χ4n) is 8.57. The number of allylic oxidation sites excluding steroid dienone is 1. The number of para-hydroxylation sites is 2. The molecule has 0 amide bonds. The Morgan fingerprint density at radius 2 is 1.64 bits per heavy atom. The fraction of sp³-hybridized carbons (Fsp3) is 0.438. The molecule has 7 heteroatoms. The predicted molar refractivity (Wildman–Crippen MR) is 155 cm³/mol. The van der Waals surface area contributed by atoms with Gasteiger partial charge in [-0.05, 0) is 67.8 Å². The summed E-state index contributed by atoms with van der Waals surface area (Å²) in [6.07, 6.45) is 9.51. The minimum Gasteiger partial charge on any atom is -0.507 e. The highest BCUT2D eigenvalue weighted by Gasteiger charge is 2.52. The van der Waals surface area contributed by atoms with Gasteiger partial charge in [-0.25, -0.2) is 0 Å². The van der Waals surface area contributed by atoms with E-state index in [-0.39, 0.29) is 11.3 Å². The molecule has 2 aliphatic heterocycles. The van der Waals surface area contributed by atoms with Gasteiger partial charge >= 0.3 is 0 Å². The van der Waals surface area contributed by atoms with E-state index in [0.717, 1.165) is 69.5 Å². The van der Waals surface area contributed by atoms with Crippen LogP contribution in [-0.4, -0.2) is 47.7 Å². The molecule has 0 atom stereocenters. The van der Waals surface area contributed by atoms with Crippen molar-refractivity contribution < 1.29 is 14.9 Å². The number of aromatic hydroxyl groups is 2. The molecule has 3 aromatic rings. The topological polar surface area (TPSA) is 78.2 Å². The van der Waals surface area contributed by atoms with Gasteiger partial charge in [-0.15, -0.1) is 0 Å². The van der Waals surface area contributed by atoms with Crippen molar-refractivity contribution in [3.63, 3.8) is 0 Å². The van der Waals surface area contributed by atoms with Crippen molar-refractivity contribution in [2.75, 3.05) is 31.2 Å². The summed E-state index contributed by atoms with van der Waals surface area (Å²) in [7, 11) is 0. The van der Waals surface area contributed by atoms with Crippen LogP contribution in [0.1, 0.15) is 60.1 Å². The number of phenols is 1. The summed E-state index contributed by atoms with van der Waals surface area (Å²) in [6, 6.07) is 14.3. The summed E-state index contributed by atoms with van der Waals surface area (Å²) < 4.78 is 5.54. The Morgan fingerprint density at radius 1 is 0.923 bits per heavy atom. The van der Waals surface area contributed by atoms with Crippen LogP contribution < -0.4 is 4.90 Å². The van der Waals surface area contributed by atoms with Crippen LogP contribution in [0.3, 0.4) is 0 Å². The smallest absolute Gasteiger partial charge is 0.232 e. The average Bonchev–Trinajstić information content (AvgIpc) is 3.54. The zero-order valence-corrected chi connectivity index (χ0v) is 22.8. The Morgan fingerprint density at radius 3 is 2.38 bits per heavy atom. The molecule has 4 aliphatic carbocycles. The summed E-state index contributed by atoms with van der Waals surface area (Å²) in [4.78, 5) is 12.1. The van der Waals surface area contributed by atoms with Gasteiger partial charge in [-0.2, -0.15) is 4.98 Å². The number of ether oxygens (including phenoxy) is 1. The third-order valence-electron chi connectivity index (χ3n) is 9.82. The molecule has 39 heavy (non-hydrogen) atoms. The minimum atomic E-state index is 0.00128. The lowest BCUT2D eigenvalue weighted by Gasteiger charge is -2.57. The normalized spacial score (nSPS) is 30.2. The molecule has 3 heterocycles. The second kappa shape index (κ2) is 8.93. The van der Waals surface area contributed by atoms with E-state index in [1.54, 1.807) is 0 Å². The summed E-state index contributed by atoms with van der Waals surface area (Å²) >= 11 is 1.48. The van der Waals surface area contributed by atoms with Crippen molar-refractivity contribution in [1.29, 1.82) is 0 Å². The highest BCUT2D eigenvalue weighted by molar-refractivity contribution is 7.17. The molecule has 4 bridgehead atoms. The molecular weight excluding hydrogens is 506 g/mol. The van der Waals surface area contributed by atoms with Gasteiger partial charge in [0.25, 0.3) is 0 Å². The van der Waals surface area contributed by atoms with Crippen LogP contribution in [-0.2, 0) is 10.2 Å². The van der Waals surface area contributed by atoms with Crippen LogP contribution in [0.4, 0.5) is 10.8 Å². The number of phenolic OH excluding ortho intramolecular Hbond substituents is 1. The molecule has 5 fully saturated rings. The third kappa shape index (κ3) is 3.77. The van der Waals surface area contributed by atoms with Gasteiger partial charge < -0.3 is 19.8 Å². The van der Waals surface area contributed by atoms with Crippen LogP contribution in [0.15, 0.2) is 47.5 Å². The largest absolute Gasteiger partial charge is 0.507 e. The van der Waals surface area contributed by atoms with E-state index in [2.05, 4.69) is 28.1 Å². The number of hydrogen-bond acceptors (Lipinski definition) is 7. The molecule has 0 radical (unpaired) electrons. The molecule has 6 aliphatic rings. The zero-order chi connectivity index (χ0) is 26.1. The fourth-order valence-corrected chi connectivity index (χ4v) is 9.66. The van der Waals surface area contributed by atoms with Crippen molar-refractivity contribution in [3.05, 3.63) is 64.0 Å². The zero-order valence-electron chi connectivity index (χ0n) is 22.0. The Balaban J connectivity index is 1.31. The Kier molecular flexibility index (Phi) is 5.43. The maximum absolute atomic E-state index is 12.1. The number of anilines is 1. The van der Waals surface area contributed by atoms with Gasteiger partial charge in [-0.3, -0.25) is 4.99 Å². The van der Waals surface area contributed by atoms with Crippen LogP contribution in [0, 0.1) is 17.8 Å². The molecule has 1 saturated heterocycles. The Hall–Kier alpha value is -3.16. The first kappa shape index (κ1) is 23.7. The summed E-state index contributed by atoms with van der Waals surface area (Å²) in [5, 5.41) is 24.2. The van der Waals surface area contributed by atoms with Crippen molar-refractivity contribution in [3.8, 4) is 11.6 Å². The molecule has 4 saturated carbocycles. The lowest BCUT2D eigenvalue weighted by atomic mass is 9.48. The number of rotatable bonds is 4. The Labute approximate surface area is 232 Å². The van der Waals surface area contributed by atoms with E-state index in [1.165, 1.54) is 49.9 Å². The van der Waals surface area contributed by atoms with E-state index in [9.17, 15) is 10.2 Å². The minimum absolute atomic E-state index is 0.00128. The van der Waals surface area contributed by atoms with E-state index in [0.29, 0.717) is 23.8 Å². The van der Waals surface area contributed by atoms with Crippen molar-refractivity contribution >= 4 is 39.5 Å². The number of morpholine rings is 1. The number of nitrogens with zero attached hydrogens (tertiary/aromatic N) is 3. The number of aliphatic imine (C=N–C) groups is 1. The summed E-state index contributed by atoms with van der Waals surface area (Å²) in [5.41, 5.74) is 5.54. The van der Waals surface area contributed by atoms with Gasteiger partial charge in [0.15, 0.2) is 5.13 Å². The molecule has 1 aromatic heterocycles. The number of thiazole rings is 1. The maximum atomic E-state index is 12.1. The number of hydrogen-bond donors (Lipinski definition) is 2. The van der Waals surface area contributed by atoms with Crippen LogP contribution >= 0.6 is 11.3 Å². The molecule has 9 rings (SSSR count). The highest BCUT2D eigenvalue weighted by atomic mass is 32.1. The van der Waals surface area contributed by atoms with E-state index >= 15 is 0 Å². The molecule has 200 valence electrons.